The Morgan fingerprint density at radius 1 is 1.19 bits per heavy atom. The molecule has 0 aromatic heterocycles. The van der Waals surface area contributed by atoms with Crippen LogP contribution in [0.4, 0.5) is 0 Å². The van der Waals surface area contributed by atoms with Crippen LogP contribution in [0.1, 0.15) is 24.1 Å². The van der Waals surface area contributed by atoms with Crippen molar-refractivity contribution in [2.45, 2.75) is 19.6 Å². The van der Waals surface area contributed by atoms with E-state index >= 15 is 0 Å². The Balaban J connectivity index is 2.06. The molecule has 0 saturated carbocycles. The van der Waals surface area contributed by atoms with Gasteiger partial charge in [0.2, 0.25) is 0 Å². The molecule has 1 N–H and O–H groups in total. The largest absolute Gasteiger partial charge is 0.497 e. The molecule has 1 atom stereocenters. The van der Waals surface area contributed by atoms with E-state index < -0.39 is 0 Å². The lowest BCUT2D eigenvalue weighted by Crippen LogP contribution is -2.12. The van der Waals surface area contributed by atoms with E-state index in [0.717, 1.165) is 21.5 Å². The zero-order valence-corrected chi connectivity index (χ0v) is 14.1. The first-order chi connectivity index (χ1) is 10.1. The monoisotopic (exact) mass is 349 g/mol. The van der Waals surface area contributed by atoms with Gasteiger partial charge in [-0.1, -0.05) is 18.2 Å². The average molecular weight is 350 g/mol. The van der Waals surface area contributed by atoms with Crippen molar-refractivity contribution in [2.24, 2.45) is 0 Å². The molecule has 0 radical (unpaired) electrons. The first-order valence-electron chi connectivity index (χ1n) is 6.86. The van der Waals surface area contributed by atoms with Crippen LogP contribution in [0.25, 0.3) is 0 Å². The normalized spacial score (nSPS) is 12.0. The summed E-state index contributed by atoms with van der Waals surface area (Å²) in [6.07, 6.45) is 0. The highest BCUT2D eigenvalue weighted by Gasteiger charge is 2.07. The predicted octanol–water partition coefficient (Wildman–Crippen LogP) is 4.32. The van der Waals surface area contributed by atoms with Gasteiger partial charge in [-0.2, -0.15) is 0 Å². The van der Waals surface area contributed by atoms with Crippen LogP contribution < -0.4 is 14.8 Å². The first kappa shape index (κ1) is 15.9. The van der Waals surface area contributed by atoms with Crippen LogP contribution in [-0.2, 0) is 6.61 Å². The Labute approximate surface area is 134 Å². The van der Waals surface area contributed by atoms with Gasteiger partial charge in [0, 0.05) is 6.04 Å². The maximum Gasteiger partial charge on any atom is 0.134 e. The molecule has 112 valence electrons. The smallest absolute Gasteiger partial charge is 0.134 e. The summed E-state index contributed by atoms with van der Waals surface area (Å²) >= 11 is 3.57. The third-order valence-corrected chi connectivity index (χ3v) is 4.04. The van der Waals surface area contributed by atoms with Crippen molar-refractivity contribution >= 4 is 15.9 Å². The highest BCUT2D eigenvalue weighted by Crippen LogP contribution is 2.29. The van der Waals surface area contributed by atoms with E-state index in [9.17, 15) is 0 Å². The second-order valence-corrected chi connectivity index (χ2v) is 5.69. The number of halogens is 1. The van der Waals surface area contributed by atoms with Crippen molar-refractivity contribution in [3.8, 4) is 11.5 Å². The molecule has 0 fully saturated rings. The molecule has 2 aromatic rings. The minimum Gasteiger partial charge on any atom is -0.497 e. The molecule has 3 nitrogen and oxygen atoms in total. The molecule has 2 rings (SSSR count). The third-order valence-electron chi connectivity index (χ3n) is 3.42. The van der Waals surface area contributed by atoms with Gasteiger partial charge in [0.25, 0.3) is 0 Å². The maximum absolute atomic E-state index is 5.87. The highest BCUT2D eigenvalue weighted by atomic mass is 79.9. The van der Waals surface area contributed by atoms with Crippen molar-refractivity contribution in [1.82, 2.24) is 5.32 Å². The molecule has 0 saturated heterocycles. The van der Waals surface area contributed by atoms with Gasteiger partial charge in [-0.05, 0) is 65.3 Å². The quantitative estimate of drug-likeness (QED) is 0.842. The number of rotatable bonds is 6. The van der Waals surface area contributed by atoms with Gasteiger partial charge in [0.1, 0.15) is 18.1 Å². The van der Waals surface area contributed by atoms with Crippen molar-refractivity contribution in [3.05, 3.63) is 58.1 Å². The SMILES string of the molecule is CNC(C)c1ccc(OCc2cccc(OC)c2)c(Br)c1. The minimum atomic E-state index is 0.314. The lowest BCUT2D eigenvalue weighted by molar-refractivity contribution is 0.303. The van der Waals surface area contributed by atoms with E-state index in [1.54, 1.807) is 7.11 Å². The molecule has 1 unspecified atom stereocenters. The van der Waals surface area contributed by atoms with E-state index in [2.05, 4.69) is 40.3 Å². The molecule has 0 aliphatic rings. The fourth-order valence-corrected chi connectivity index (χ4v) is 2.50. The number of nitrogens with one attached hydrogen (secondary N) is 1. The summed E-state index contributed by atoms with van der Waals surface area (Å²) in [5, 5.41) is 3.22. The van der Waals surface area contributed by atoms with Crippen LogP contribution in [0.3, 0.4) is 0 Å². The van der Waals surface area contributed by atoms with Crippen molar-refractivity contribution in [3.63, 3.8) is 0 Å². The molecular formula is C17H20BrNO2. The maximum atomic E-state index is 5.87. The van der Waals surface area contributed by atoms with E-state index in [1.807, 2.05) is 37.4 Å². The van der Waals surface area contributed by atoms with E-state index in [4.69, 9.17) is 9.47 Å². The Bertz CT molecular complexity index is 601. The number of methoxy groups -OCH3 is 1. The molecule has 2 aromatic carbocycles. The molecule has 0 amide bonds. The van der Waals surface area contributed by atoms with Crippen LogP contribution in [0, 0.1) is 0 Å². The topological polar surface area (TPSA) is 30.5 Å². The third kappa shape index (κ3) is 4.22. The average Bonchev–Trinajstić information content (AvgIpc) is 2.53. The molecular weight excluding hydrogens is 330 g/mol. The molecule has 0 spiro atoms. The second-order valence-electron chi connectivity index (χ2n) is 4.84. The van der Waals surface area contributed by atoms with E-state index in [0.29, 0.717) is 12.6 Å². The van der Waals surface area contributed by atoms with Crippen LogP contribution in [0.2, 0.25) is 0 Å². The zero-order valence-electron chi connectivity index (χ0n) is 12.5. The van der Waals surface area contributed by atoms with Crippen molar-refractivity contribution < 1.29 is 9.47 Å². The summed E-state index contributed by atoms with van der Waals surface area (Å²) < 4.78 is 12.0. The summed E-state index contributed by atoms with van der Waals surface area (Å²) in [7, 11) is 3.62. The fraction of sp³-hybridized carbons (Fsp3) is 0.294. The van der Waals surface area contributed by atoms with Crippen LogP contribution >= 0.6 is 15.9 Å². The van der Waals surface area contributed by atoms with Crippen molar-refractivity contribution in [1.29, 1.82) is 0 Å². The van der Waals surface area contributed by atoms with Gasteiger partial charge in [0.05, 0.1) is 11.6 Å². The summed E-state index contributed by atoms with van der Waals surface area (Å²) in [5.74, 6) is 1.68. The van der Waals surface area contributed by atoms with Gasteiger partial charge in [-0.3, -0.25) is 0 Å². The van der Waals surface area contributed by atoms with Gasteiger partial charge in [-0.25, -0.2) is 0 Å². The highest BCUT2D eigenvalue weighted by molar-refractivity contribution is 9.10. The fourth-order valence-electron chi connectivity index (χ4n) is 1.99. The summed E-state index contributed by atoms with van der Waals surface area (Å²) in [4.78, 5) is 0. The number of hydrogen-bond acceptors (Lipinski definition) is 3. The second kappa shape index (κ2) is 7.48. The number of ether oxygens (including phenoxy) is 2. The van der Waals surface area contributed by atoms with Crippen LogP contribution in [0.15, 0.2) is 46.9 Å². The molecule has 21 heavy (non-hydrogen) atoms. The number of hydrogen-bond donors (Lipinski definition) is 1. The van der Waals surface area contributed by atoms with Crippen LogP contribution in [-0.4, -0.2) is 14.2 Å². The van der Waals surface area contributed by atoms with Crippen LogP contribution in [0.5, 0.6) is 11.5 Å². The van der Waals surface area contributed by atoms with Gasteiger partial charge < -0.3 is 14.8 Å². The molecule has 0 heterocycles. The van der Waals surface area contributed by atoms with E-state index in [-0.39, 0.29) is 0 Å². The molecule has 0 bridgehead atoms. The summed E-state index contributed by atoms with van der Waals surface area (Å²) in [6, 6.07) is 14.4. The Hall–Kier alpha value is -1.52. The Kier molecular flexibility index (Phi) is 5.65. The zero-order chi connectivity index (χ0) is 15.2. The molecule has 4 heteroatoms. The standard InChI is InChI=1S/C17H20BrNO2/c1-12(19-2)14-7-8-17(16(18)10-14)21-11-13-5-4-6-15(9-13)20-3/h4-10,12,19H,11H2,1-3H3. The summed E-state index contributed by atoms with van der Waals surface area (Å²) in [6.45, 7) is 2.63. The van der Waals surface area contributed by atoms with E-state index in [1.165, 1.54) is 5.56 Å². The van der Waals surface area contributed by atoms with Gasteiger partial charge in [0.15, 0.2) is 0 Å². The van der Waals surface area contributed by atoms with Crippen molar-refractivity contribution in [2.75, 3.05) is 14.2 Å². The Morgan fingerprint density at radius 3 is 2.67 bits per heavy atom. The first-order valence-corrected chi connectivity index (χ1v) is 7.65. The molecule has 0 aliphatic carbocycles. The predicted molar refractivity (Wildman–Crippen MR) is 88.9 cm³/mol. The van der Waals surface area contributed by atoms with Gasteiger partial charge in [-0.15, -0.1) is 0 Å². The van der Waals surface area contributed by atoms with Gasteiger partial charge >= 0.3 is 0 Å². The Morgan fingerprint density at radius 2 is 2.00 bits per heavy atom. The lowest BCUT2D eigenvalue weighted by Gasteiger charge is -2.14. The summed E-state index contributed by atoms with van der Waals surface area (Å²) in [5.41, 5.74) is 2.30. The lowest BCUT2D eigenvalue weighted by atomic mass is 10.1. The molecule has 0 aliphatic heterocycles. The minimum absolute atomic E-state index is 0.314. The number of benzene rings is 2.